The average Bonchev–Trinajstić information content (AvgIpc) is 2.52. The zero-order valence-corrected chi connectivity index (χ0v) is 14.3. The minimum Gasteiger partial charge on any atom is -0.467 e. The molecule has 2 atom stereocenters. The Morgan fingerprint density at radius 1 is 1.17 bits per heavy atom. The van der Waals surface area contributed by atoms with Gasteiger partial charge in [-0.3, -0.25) is 9.59 Å². The molecule has 0 saturated carbocycles. The molecule has 132 valence electrons. The fraction of sp³-hybridized carbons (Fsp3) is 0.471. The maximum absolute atomic E-state index is 13.8. The second-order valence-corrected chi connectivity index (χ2v) is 5.80. The Hall–Kier alpha value is -2.44. The molecule has 0 spiro atoms. The van der Waals surface area contributed by atoms with Crippen LogP contribution in [0.1, 0.15) is 26.3 Å². The average molecular weight is 338 g/mol. The highest BCUT2D eigenvalue weighted by molar-refractivity contribution is 5.90. The Morgan fingerprint density at radius 3 is 2.29 bits per heavy atom. The number of ether oxygens (including phenoxy) is 1. The lowest BCUT2D eigenvalue weighted by Gasteiger charge is -2.24. The number of hydrogen-bond acceptors (Lipinski definition) is 4. The third-order valence-electron chi connectivity index (χ3n) is 3.50. The molecule has 6 nitrogen and oxygen atoms in total. The van der Waals surface area contributed by atoms with Crippen molar-refractivity contribution in [2.45, 2.75) is 39.3 Å². The Morgan fingerprint density at radius 2 is 1.79 bits per heavy atom. The van der Waals surface area contributed by atoms with Gasteiger partial charge in [-0.05, 0) is 17.5 Å². The zero-order chi connectivity index (χ0) is 18.3. The molecule has 0 fully saturated rings. The predicted molar refractivity (Wildman–Crippen MR) is 86.5 cm³/mol. The molecule has 2 amide bonds. The van der Waals surface area contributed by atoms with Gasteiger partial charge in [-0.15, -0.1) is 0 Å². The van der Waals surface area contributed by atoms with Crippen LogP contribution in [0.2, 0.25) is 0 Å². The third kappa shape index (κ3) is 5.64. The molecule has 0 unspecified atom stereocenters. The van der Waals surface area contributed by atoms with Crippen LogP contribution in [-0.2, 0) is 25.5 Å². The monoisotopic (exact) mass is 338 g/mol. The summed E-state index contributed by atoms with van der Waals surface area (Å²) in [6.45, 7) is 4.78. The molecule has 0 aliphatic rings. The quantitative estimate of drug-likeness (QED) is 0.732. The van der Waals surface area contributed by atoms with Crippen molar-refractivity contribution in [3.63, 3.8) is 0 Å². The fourth-order valence-corrected chi connectivity index (χ4v) is 2.22. The molecular formula is C17H23FN2O4. The van der Waals surface area contributed by atoms with Gasteiger partial charge < -0.3 is 15.4 Å². The van der Waals surface area contributed by atoms with Gasteiger partial charge in [0.1, 0.15) is 17.9 Å². The van der Waals surface area contributed by atoms with E-state index in [-0.39, 0.29) is 12.3 Å². The van der Waals surface area contributed by atoms with Crippen molar-refractivity contribution >= 4 is 17.8 Å². The van der Waals surface area contributed by atoms with Gasteiger partial charge in [-0.2, -0.15) is 0 Å². The first-order valence-electron chi connectivity index (χ1n) is 7.65. The third-order valence-corrected chi connectivity index (χ3v) is 3.50. The van der Waals surface area contributed by atoms with Crippen LogP contribution in [0.4, 0.5) is 4.39 Å². The topological polar surface area (TPSA) is 84.5 Å². The largest absolute Gasteiger partial charge is 0.467 e. The van der Waals surface area contributed by atoms with E-state index in [0.717, 1.165) is 0 Å². The van der Waals surface area contributed by atoms with Gasteiger partial charge in [-0.25, -0.2) is 9.18 Å². The summed E-state index contributed by atoms with van der Waals surface area (Å²) >= 11 is 0. The maximum atomic E-state index is 13.8. The van der Waals surface area contributed by atoms with Gasteiger partial charge in [-0.1, -0.05) is 32.0 Å². The molecule has 0 radical (unpaired) electrons. The number of carbonyl (C=O) groups excluding carboxylic acids is 3. The Labute approximate surface area is 140 Å². The summed E-state index contributed by atoms with van der Waals surface area (Å²) in [4.78, 5) is 35.6. The number of esters is 1. The van der Waals surface area contributed by atoms with Crippen LogP contribution in [0.5, 0.6) is 0 Å². The highest BCUT2D eigenvalue weighted by Gasteiger charge is 2.29. The highest BCUT2D eigenvalue weighted by atomic mass is 19.1. The van der Waals surface area contributed by atoms with E-state index in [9.17, 15) is 18.8 Å². The lowest BCUT2D eigenvalue weighted by Crippen LogP contribution is -2.53. The summed E-state index contributed by atoms with van der Waals surface area (Å²) in [6.07, 6.45) is -0.0237. The molecule has 1 rings (SSSR count). The summed E-state index contributed by atoms with van der Waals surface area (Å²) in [5.41, 5.74) is 0.297. The first-order chi connectivity index (χ1) is 11.3. The van der Waals surface area contributed by atoms with Crippen molar-refractivity contribution < 1.29 is 23.5 Å². The number of carbonyl (C=O) groups is 3. The molecular weight excluding hydrogens is 315 g/mol. The minimum atomic E-state index is -0.995. The SMILES string of the molecule is COC(=O)[C@H](NC(=O)[C@H](Cc1ccccc1F)NC(C)=O)C(C)C. The Balaban J connectivity index is 2.94. The van der Waals surface area contributed by atoms with E-state index >= 15 is 0 Å². The molecule has 1 aromatic rings. The number of benzene rings is 1. The standard InChI is InChI=1S/C17H23FN2O4/c1-10(2)15(17(23)24-4)20-16(22)14(19-11(3)21)9-12-7-5-6-8-13(12)18/h5-8,10,14-15H,9H2,1-4H3,(H,19,21)(H,20,22)/t14-,15+/m0/s1. The van der Waals surface area contributed by atoms with Crippen LogP contribution >= 0.6 is 0 Å². The van der Waals surface area contributed by atoms with Crippen molar-refractivity contribution in [3.05, 3.63) is 35.6 Å². The molecule has 7 heteroatoms. The number of rotatable bonds is 7. The molecule has 0 aliphatic heterocycles. The van der Waals surface area contributed by atoms with E-state index in [1.807, 2.05) is 0 Å². The molecule has 0 bridgehead atoms. The second kappa shape index (κ2) is 9.00. The normalized spacial score (nSPS) is 13.1. The molecule has 0 saturated heterocycles. The Kier molecular flexibility index (Phi) is 7.35. The van der Waals surface area contributed by atoms with Crippen LogP contribution in [-0.4, -0.2) is 37.0 Å². The summed E-state index contributed by atoms with van der Waals surface area (Å²) in [5.74, 6) is -2.24. The van der Waals surface area contributed by atoms with E-state index in [4.69, 9.17) is 0 Å². The van der Waals surface area contributed by atoms with Gasteiger partial charge in [0.2, 0.25) is 11.8 Å². The van der Waals surface area contributed by atoms with Gasteiger partial charge in [0, 0.05) is 13.3 Å². The number of methoxy groups -OCH3 is 1. The number of amides is 2. The molecule has 2 N–H and O–H groups in total. The Bertz CT molecular complexity index is 604. The van der Waals surface area contributed by atoms with Gasteiger partial charge >= 0.3 is 5.97 Å². The maximum Gasteiger partial charge on any atom is 0.328 e. The predicted octanol–water partition coefficient (Wildman–Crippen LogP) is 1.19. The van der Waals surface area contributed by atoms with Crippen molar-refractivity contribution in [2.75, 3.05) is 7.11 Å². The van der Waals surface area contributed by atoms with Crippen LogP contribution in [0, 0.1) is 11.7 Å². The van der Waals surface area contributed by atoms with Crippen LogP contribution in [0.25, 0.3) is 0 Å². The number of halogens is 1. The molecule has 1 aromatic carbocycles. The van der Waals surface area contributed by atoms with E-state index < -0.39 is 35.7 Å². The van der Waals surface area contributed by atoms with Crippen LogP contribution < -0.4 is 10.6 Å². The van der Waals surface area contributed by atoms with Crippen molar-refractivity contribution in [2.24, 2.45) is 5.92 Å². The van der Waals surface area contributed by atoms with E-state index in [1.165, 1.54) is 26.2 Å². The summed E-state index contributed by atoms with van der Waals surface area (Å²) in [6, 6.07) is 4.16. The van der Waals surface area contributed by atoms with Gasteiger partial charge in [0.05, 0.1) is 7.11 Å². The molecule has 24 heavy (non-hydrogen) atoms. The van der Waals surface area contributed by atoms with E-state index in [0.29, 0.717) is 5.56 Å². The molecule has 0 aromatic heterocycles. The van der Waals surface area contributed by atoms with Crippen molar-refractivity contribution in [1.82, 2.24) is 10.6 Å². The first kappa shape index (κ1) is 19.6. The lowest BCUT2D eigenvalue weighted by molar-refractivity contribution is -0.146. The highest BCUT2D eigenvalue weighted by Crippen LogP contribution is 2.11. The fourth-order valence-electron chi connectivity index (χ4n) is 2.22. The van der Waals surface area contributed by atoms with E-state index in [2.05, 4.69) is 15.4 Å². The zero-order valence-electron chi connectivity index (χ0n) is 14.3. The summed E-state index contributed by atoms with van der Waals surface area (Å²) in [7, 11) is 1.23. The van der Waals surface area contributed by atoms with Crippen molar-refractivity contribution in [1.29, 1.82) is 0 Å². The minimum absolute atomic E-state index is 0.0237. The summed E-state index contributed by atoms with van der Waals surface area (Å²) < 4.78 is 18.5. The van der Waals surface area contributed by atoms with Gasteiger partial charge in [0.25, 0.3) is 0 Å². The van der Waals surface area contributed by atoms with E-state index in [1.54, 1.807) is 26.0 Å². The second-order valence-electron chi connectivity index (χ2n) is 5.80. The number of nitrogens with one attached hydrogen (secondary N) is 2. The van der Waals surface area contributed by atoms with Crippen LogP contribution in [0.15, 0.2) is 24.3 Å². The van der Waals surface area contributed by atoms with Gasteiger partial charge in [0.15, 0.2) is 0 Å². The molecule has 0 aliphatic carbocycles. The number of hydrogen-bond donors (Lipinski definition) is 2. The van der Waals surface area contributed by atoms with Crippen LogP contribution in [0.3, 0.4) is 0 Å². The first-order valence-corrected chi connectivity index (χ1v) is 7.65. The van der Waals surface area contributed by atoms with Crippen molar-refractivity contribution in [3.8, 4) is 0 Å². The smallest absolute Gasteiger partial charge is 0.328 e. The molecule has 0 heterocycles. The lowest BCUT2D eigenvalue weighted by atomic mass is 10.0. The summed E-state index contributed by atoms with van der Waals surface area (Å²) in [5, 5.41) is 5.05.